The van der Waals surface area contributed by atoms with E-state index in [0.29, 0.717) is 18.7 Å². The largest absolute Gasteiger partial charge is 0.406 e. The predicted molar refractivity (Wildman–Crippen MR) is 75.9 cm³/mol. The Balaban J connectivity index is 2.12. The van der Waals surface area contributed by atoms with Crippen molar-refractivity contribution in [3.63, 3.8) is 0 Å². The zero-order chi connectivity index (χ0) is 16.2. The van der Waals surface area contributed by atoms with Crippen molar-refractivity contribution < 1.29 is 18.0 Å². The molecular weight excluding hydrogens is 295 g/mol. The molecule has 0 N–H and O–H groups in total. The SMILES string of the molecule is Cn1ccnc1CN(CC(F)(F)F)C(=O)C1CCCCCC1. The predicted octanol–water partition coefficient (Wildman–Crippen LogP) is 3.28. The molecule has 0 bridgehead atoms. The fourth-order valence-corrected chi connectivity index (χ4v) is 2.93. The fourth-order valence-electron chi connectivity index (χ4n) is 2.93. The van der Waals surface area contributed by atoms with Crippen molar-refractivity contribution in [2.75, 3.05) is 6.54 Å². The topological polar surface area (TPSA) is 38.1 Å². The third kappa shape index (κ3) is 4.74. The average Bonchev–Trinajstić information content (AvgIpc) is 2.68. The third-order valence-corrected chi connectivity index (χ3v) is 4.14. The van der Waals surface area contributed by atoms with Crippen LogP contribution in [0.1, 0.15) is 44.3 Å². The number of alkyl halides is 3. The molecule has 4 nitrogen and oxygen atoms in total. The molecule has 0 aliphatic heterocycles. The van der Waals surface area contributed by atoms with Gasteiger partial charge in [-0.15, -0.1) is 0 Å². The first-order valence-corrected chi connectivity index (χ1v) is 7.68. The number of hydrogen-bond donors (Lipinski definition) is 0. The van der Waals surface area contributed by atoms with E-state index in [1.807, 2.05) is 0 Å². The second-order valence-corrected chi connectivity index (χ2v) is 5.95. The standard InChI is InChI=1S/C15H22F3N3O/c1-20-9-8-19-13(20)10-21(11-15(16,17)18)14(22)12-6-4-2-3-5-7-12/h8-9,12H,2-7,10-11H2,1H3. The molecule has 1 amide bonds. The summed E-state index contributed by atoms with van der Waals surface area (Å²) >= 11 is 0. The monoisotopic (exact) mass is 317 g/mol. The maximum Gasteiger partial charge on any atom is 0.406 e. The minimum atomic E-state index is -4.40. The maximum atomic E-state index is 12.8. The van der Waals surface area contributed by atoms with Crippen LogP contribution in [0, 0.1) is 5.92 Å². The summed E-state index contributed by atoms with van der Waals surface area (Å²) in [6, 6.07) is 0. The highest BCUT2D eigenvalue weighted by atomic mass is 19.4. The number of carbonyl (C=O) groups is 1. The Labute approximate surface area is 128 Å². The Morgan fingerprint density at radius 3 is 2.45 bits per heavy atom. The number of rotatable bonds is 4. The van der Waals surface area contributed by atoms with Gasteiger partial charge in [-0.05, 0) is 12.8 Å². The lowest BCUT2D eigenvalue weighted by Gasteiger charge is -2.27. The molecule has 1 fully saturated rings. The number of carbonyl (C=O) groups excluding carboxylic acids is 1. The van der Waals surface area contributed by atoms with E-state index >= 15 is 0 Å². The second kappa shape index (κ2) is 7.15. The quantitative estimate of drug-likeness (QED) is 0.799. The van der Waals surface area contributed by atoms with Crippen LogP contribution in [0.5, 0.6) is 0 Å². The van der Waals surface area contributed by atoms with Gasteiger partial charge in [0, 0.05) is 25.4 Å². The van der Waals surface area contributed by atoms with E-state index in [4.69, 9.17) is 0 Å². The lowest BCUT2D eigenvalue weighted by atomic mass is 9.98. The van der Waals surface area contributed by atoms with Gasteiger partial charge in [0.05, 0.1) is 6.54 Å². The zero-order valence-electron chi connectivity index (χ0n) is 12.8. The molecule has 0 unspecified atom stereocenters. The summed E-state index contributed by atoms with van der Waals surface area (Å²) in [5, 5.41) is 0. The van der Waals surface area contributed by atoms with E-state index in [-0.39, 0.29) is 18.4 Å². The van der Waals surface area contributed by atoms with Crippen molar-refractivity contribution in [2.45, 2.75) is 51.2 Å². The van der Waals surface area contributed by atoms with Gasteiger partial charge in [-0.2, -0.15) is 13.2 Å². The minimum absolute atomic E-state index is 0.0989. The molecular formula is C15H22F3N3O. The molecule has 124 valence electrons. The number of amides is 1. The summed E-state index contributed by atoms with van der Waals surface area (Å²) in [5.74, 6) is -0.210. The second-order valence-electron chi connectivity index (χ2n) is 5.95. The van der Waals surface area contributed by atoms with Crippen molar-refractivity contribution in [1.29, 1.82) is 0 Å². The molecule has 0 aromatic carbocycles. The van der Waals surface area contributed by atoms with E-state index in [1.165, 1.54) is 6.20 Å². The van der Waals surface area contributed by atoms with Crippen LogP contribution in [0.4, 0.5) is 13.2 Å². The van der Waals surface area contributed by atoms with Crippen LogP contribution in [-0.2, 0) is 18.4 Å². The highest BCUT2D eigenvalue weighted by Crippen LogP contribution is 2.27. The third-order valence-electron chi connectivity index (χ3n) is 4.14. The smallest absolute Gasteiger partial charge is 0.337 e. The zero-order valence-corrected chi connectivity index (χ0v) is 12.8. The molecule has 0 saturated heterocycles. The fraction of sp³-hybridized carbons (Fsp3) is 0.733. The summed E-state index contributed by atoms with van der Waals surface area (Å²) in [5.41, 5.74) is 0. The Hall–Kier alpha value is -1.53. The van der Waals surface area contributed by atoms with E-state index in [2.05, 4.69) is 4.98 Å². The lowest BCUT2D eigenvalue weighted by Crippen LogP contribution is -2.42. The molecule has 1 aromatic rings. The van der Waals surface area contributed by atoms with Gasteiger partial charge in [-0.3, -0.25) is 4.79 Å². The van der Waals surface area contributed by atoms with Crippen LogP contribution in [0.2, 0.25) is 0 Å². The van der Waals surface area contributed by atoms with Gasteiger partial charge < -0.3 is 9.47 Å². The number of aromatic nitrogens is 2. The van der Waals surface area contributed by atoms with Gasteiger partial charge in [0.25, 0.3) is 0 Å². The molecule has 1 aromatic heterocycles. The van der Waals surface area contributed by atoms with Crippen molar-refractivity contribution in [3.05, 3.63) is 18.2 Å². The number of imidazole rings is 1. The van der Waals surface area contributed by atoms with Crippen LogP contribution >= 0.6 is 0 Å². The molecule has 2 rings (SSSR count). The average molecular weight is 317 g/mol. The summed E-state index contributed by atoms with van der Waals surface area (Å²) < 4.78 is 40.1. The first kappa shape index (κ1) is 16.8. The van der Waals surface area contributed by atoms with E-state index in [1.54, 1.807) is 17.8 Å². The van der Waals surface area contributed by atoms with Gasteiger partial charge >= 0.3 is 6.18 Å². The Morgan fingerprint density at radius 2 is 1.95 bits per heavy atom. The number of hydrogen-bond acceptors (Lipinski definition) is 2. The Kier molecular flexibility index (Phi) is 5.47. The molecule has 0 radical (unpaired) electrons. The van der Waals surface area contributed by atoms with E-state index in [0.717, 1.165) is 30.6 Å². The summed E-state index contributed by atoms with van der Waals surface area (Å²) in [7, 11) is 1.71. The van der Waals surface area contributed by atoms with E-state index in [9.17, 15) is 18.0 Å². The molecule has 1 saturated carbocycles. The highest BCUT2D eigenvalue weighted by Gasteiger charge is 2.35. The maximum absolute atomic E-state index is 12.8. The molecule has 7 heteroatoms. The van der Waals surface area contributed by atoms with Crippen molar-refractivity contribution in [2.24, 2.45) is 13.0 Å². The number of aryl methyl sites for hydroxylation is 1. The first-order chi connectivity index (χ1) is 10.4. The van der Waals surface area contributed by atoms with Gasteiger partial charge in [-0.1, -0.05) is 25.7 Å². The highest BCUT2D eigenvalue weighted by molar-refractivity contribution is 5.78. The van der Waals surface area contributed by atoms with Crippen LogP contribution in [0.15, 0.2) is 12.4 Å². The summed E-state index contributed by atoms with van der Waals surface area (Å²) in [6.07, 6.45) is 4.11. The summed E-state index contributed by atoms with van der Waals surface area (Å²) in [6.45, 7) is -1.31. The molecule has 1 heterocycles. The van der Waals surface area contributed by atoms with Crippen molar-refractivity contribution in [1.82, 2.24) is 14.5 Å². The molecule has 0 atom stereocenters. The van der Waals surface area contributed by atoms with Gasteiger partial charge in [0.2, 0.25) is 5.91 Å². The van der Waals surface area contributed by atoms with Crippen LogP contribution in [0.3, 0.4) is 0 Å². The van der Waals surface area contributed by atoms with Gasteiger partial charge in [-0.25, -0.2) is 4.98 Å². The van der Waals surface area contributed by atoms with Crippen LogP contribution in [0.25, 0.3) is 0 Å². The van der Waals surface area contributed by atoms with Gasteiger partial charge in [0.15, 0.2) is 0 Å². The van der Waals surface area contributed by atoms with E-state index < -0.39 is 12.7 Å². The normalized spacial score (nSPS) is 17.3. The van der Waals surface area contributed by atoms with Crippen molar-refractivity contribution in [3.8, 4) is 0 Å². The minimum Gasteiger partial charge on any atom is -0.337 e. The van der Waals surface area contributed by atoms with Crippen molar-refractivity contribution >= 4 is 5.91 Å². The van der Waals surface area contributed by atoms with Gasteiger partial charge in [0.1, 0.15) is 12.4 Å². The Bertz CT molecular complexity index is 490. The lowest BCUT2D eigenvalue weighted by molar-refractivity contribution is -0.165. The molecule has 0 spiro atoms. The van der Waals surface area contributed by atoms with Crippen LogP contribution < -0.4 is 0 Å². The summed E-state index contributed by atoms with van der Waals surface area (Å²) in [4.78, 5) is 17.5. The molecule has 1 aliphatic carbocycles. The number of nitrogens with zero attached hydrogens (tertiary/aromatic N) is 3. The first-order valence-electron chi connectivity index (χ1n) is 7.68. The molecule has 22 heavy (non-hydrogen) atoms. The Morgan fingerprint density at radius 1 is 1.32 bits per heavy atom. The van der Waals surface area contributed by atoms with Crippen LogP contribution in [-0.4, -0.2) is 33.1 Å². The molecule has 1 aliphatic rings. The number of halogens is 3.